The van der Waals surface area contributed by atoms with Crippen LogP contribution in [0.15, 0.2) is 42.5 Å². The van der Waals surface area contributed by atoms with Crippen LogP contribution in [0, 0.1) is 6.92 Å². The monoisotopic (exact) mass is 343 g/mol. The molecule has 0 spiro atoms. The Balaban J connectivity index is 1.97. The minimum absolute atomic E-state index is 0.0104. The minimum Gasteiger partial charge on any atom is -0.406 e. The first-order valence-corrected chi connectivity index (χ1v) is 7.01. The van der Waals surface area contributed by atoms with Crippen molar-refractivity contribution in [2.45, 2.75) is 19.7 Å². The van der Waals surface area contributed by atoms with Crippen LogP contribution in [-0.2, 0) is 11.2 Å². The van der Waals surface area contributed by atoms with Gasteiger partial charge >= 0.3 is 6.36 Å². The second kappa shape index (κ2) is 6.91. The van der Waals surface area contributed by atoms with E-state index in [2.05, 4.69) is 10.1 Å². The molecule has 0 saturated carbocycles. The second-order valence-corrected chi connectivity index (χ2v) is 5.31. The molecule has 0 aromatic heterocycles. The van der Waals surface area contributed by atoms with Gasteiger partial charge in [0.15, 0.2) is 0 Å². The molecule has 122 valence electrons. The minimum atomic E-state index is -4.74. The Bertz CT molecular complexity index is 699. The molecule has 0 atom stereocenters. The average molecular weight is 344 g/mol. The van der Waals surface area contributed by atoms with E-state index in [1.165, 1.54) is 12.1 Å². The number of rotatable bonds is 4. The lowest BCUT2D eigenvalue weighted by Gasteiger charge is -2.10. The molecule has 0 aliphatic heterocycles. The number of amides is 1. The molecular formula is C16H13ClF3NO2. The summed E-state index contributed by atoms with van der Waals surface area (Å²) in [5.41, 5.74) is 2.01. The molecule has 0 heterocycles. The third-order valence-electron chi connectivity index (χ3n) is 2.92. The first kappa shape index (κ1) is 17.1. The molecule has 2 rings (SSSR count). The maximum atomic E-state index is 12.1. The number of halogens is 4. The average Bonchev–Trinajstić information content (AvgIpc) is 2.42. The number of benzene rings is 2. The lowest BCUT2D eigenvalue weighted by molar-refractivity contribution is -0.274. The van der Waals surface area contributed by atoms with Crippen molar-refractivity contribution < 1.29 is 22.7 Å². The molecule has 0 bridgehead atoms. The fraction of sp³-hybridized carbons (Fsp3) is 0.188. The van der Waals surface area contributed by atoms with Gasteiger partial charge in [-0.15, -0.1) is 13.2 Å². The van der Waals surface area contributed by atoms with Crippen LogP contribution in [-0.4, -0.2) is 12.3 Å². The number of nitrogens with one attached hydrogen (secondary N) is 1. The van der Waals surface area contributed by atoms with Crippen molar-refractivity contribution in [2.24, 2.45) is 0 Å². The van der Waals surface area contributed by atoms with Crippen LogP contribution in [0.2, 0.25) is 5.02 Å². The summed E-state index contributed by atoms with van der Waals surface area (Å²) >= 11 is 6.02. The molecule has 0 radical (unpaired) electrons. The van der Waals surface area contributed by atoms with Crippen molar-refractivity contribution in [2.75, 3.05) is 5.32 Å². The van der Waals surface area contributed by atoms with Gasteiger partial charge in [-0.1, -0.05) is 29.8 Å². The number of alkyl halides is 3. The van der Waals surface area contributed by atoms with Crippen LogP contribution in [0.1, 0.15) is 11.1 Å². The Morgan fingerprint density at radius 3 is 2.39 bits per heavy atom. The summed E-state index contributed by atoms with van der Waals surface area (Å²) in [4.78, 5) is 12.0. The molecule has 0 aliphatic carbocycles. The van der Waals surface area contributed by atoms with Crippen molar-refractivity contribution in [3.8, 4) is 5.75 Å². The van der Waals surface area contributed by atoms with Crippen LogP contribution < -0.4 is 10.1 Å². The van der Waals surface area contributed by atoms with E-state index < -0.39 is 6.36 Å². The number of aryl methyl sites for hydroxylation is 1. The van der Waals surface area contributed by atoms with Crippen LogP contribution in [0.25, 0.3) is 0 Å². The first-order chi connectivity index (χ1) is 10.7. The Morgan fingerprint density at radius 2 is 1.83 bits per heavy atom. The van der Waals surface area contributed by atoms with E-state index in [9.17, 15) is 18.0 Å². The number of anilines is 1. The summed E-state index contributed by atoms with van der Waals surface area (Å²) in [5, 5.41) is 3.08. The van der Waals surface area contributed by atoms with Crippen molar-refractivity contribution in [1.29, 1.82) is 0 Å². The third kappa shape index (κ3) is 5.49. The molecule has 2 aromatic rings. The molecule has 7 heteroatoms. The highest BCUT2D eigenvalue weighted by molar-refractivity contribution is 6.33. The quantitative estimate of drug-likeness (QED) is 0.871. The Labute approximate surface area is 136 Å². The summed E-state index contributed by atoms with van der Waals surface area (Å²) < 4.78 is 40.0. The number of hydrogen-bond acceptors (Lipinski definition) is 2. The zero-order valence-electron chi connectivity index (χ0n) is 12.1. The van der Waals surface area contributed by atoms with Gasteiger partial charge in [0.1, 0.15) is 5.75 Å². The summed E-state index contributed by atoms with van der Waals surface area (Å²) in [6.45, 7) is 1.88. The zero-order chi connectivity index (χ0) is 17.0. The van der Waals surface area contributed by atoms with Crippen molar-refractivity contribution in [3.63, 3.8) is 0 Å². The van der Waals surface area contributed by atoms with E-state index in [-0.39, 0.29) is 18.1 Å². The zero-order valence-corrected chi connectivity index (χ0v) is 12.8. The SMILES string of the molecule is Cc1ccc(NC(=O)Cc2ccc(OC(F)(F)F)cc2)c(Cl)c1. The first-order valence-electron chi connectivity index (χ1n) is 6.63. The van der Waals surface area contributed by atoms with Gasteiger partial charge in [0, 0.05) is 0 Å². The number of ether oxygens (including phenoxy) is 1. The third-order valence-corrected chi connectivity index (χ3v) is 3.23. The van der Waals surface area contributed by atoms with Crippen LogP contribution in [0.5, 0.6) is 5.75 Å². The molecule has 0 aliphatic rings. The number of carbonyl (C=O) groups is 1. The fourth-order valence-electron chi connectivity index (χ4n) is 1.91. The van der Waals surface area contributed by atoms with Crippen LogP contribution >= 0.6 is 11.6 Å². The molecule has 1 N–H and O–H groups in total. The van der Waals surface area contributed by atoms with Gasteiger partial charge in [0.2, 0.25) is 5.91 Å². The van der Waals surface area contributed by atoms with Gasteiger partial charge in [-0.2, -0.15) is 0 Å². The van der Waals surface area contributed by atoms with Gasteiger partial charge in [0.05, 0.1) is 17.1 Å². The van der Waals surface area contributed by atoms with Crippen molar-refractivity contribution in [3.05, 3.63) is 58.6 Å². The van der Waals surface area contributed by atoms with E-state index in [0.717, 1.165) is 17.7 Å². The highest BCUT2D eigenvalue weighted by Gasteiger charge is 2.30. The Kier molecular flexibility index (Phi) is 5.15. The van der Waals surface area contributed by atoms with Gasteiger partial charge < -0.3 is 10.1 Å². The fourth-order valence-corrected chi connectivity index (χ4v) is 2.19. The van der Waals surface area contributed by atoms with Gasteiger partial charge in [-0.05, 0) is 42.3 Å². The molecule has 0 unspecified atom stereocenters. The lowest BCUT2D eigenvalue weighted by atomic mass is 10.1. The standard InChI is InChI=1S/C16H13ClF3NO2/c1-10-2-7-14(13(17)8-10)21-15(22)9-11-3-5-12(6-4-11)23-16(18,19)20/h2-8H,9H2,1H3,(H,21,22). The topological polar surface area (TPSA) is 38.3 Å². The van der Waals surface area contributed by atoms with E-state index in [4.69, 9.17) is 11.6 Å². The molecule has 2 aromatic carbocycles. The van der Waals surface area contributed by atoms with Crippen molar-refractivity contribution >= 4 is 23.2 Å². The molecule has 0 saturated heterocycles. The Hall–Kier alpha value is -2.21. The van der Waals surface area contributed by atoms with Crippen LogP contribution in [0.4, 0.5) is 18.9 Å². The molecule has 0 fully saturated rings. The summed E-state index contributed by atoms with van der Waals surface area (Å²) in [5.74, 6) is -0.650. The van der Waals surface area contributed by atoms with E-state index in [1.807, 2.05) is 13.0 Å². The van der Waals surface area contributed by atoms with E-state index in [0.29, 0.717) is 16.3 Å². The number of carbonyl (C=O) groups excluding carboxylic acids is 1. The predicted octanol–water partition coefficient (Wildman–Crippen LogP) is 4.73. The van der Waals surface area contributed by atoms with Gasteiger partial charge in [-0.3, -0.25) is 4.79 Å². The lowest BCUT2D eigenvalue weighted by Crippen LogP contribution is -2.17. The maximum Gasteiger partial charge on any atom is 0.573 e. The van der Waals surface area contributed by atoms with Gasteiger partial charge in [-0.25, -0.2) is 0 Å². The van der Waals surface area contributed by atoms with E-state index >= 15 is 0 Å². The Morgan fingerprint density at radius 1 is 1.17 bits per heavy atom. The second-order valence-electron chi connectivity index (χ2n) is 4.90. The summed E-state index contributed by atoms with van der Waals surface area (Å²) in [7, 11) is 0. The normalized spacial score (nSPS) is 11.2. The van der Waals surface area contributed by atoms with Crippen molar-refractivity contribution in [1.82, 2.24) is 0 Å². The molecule has 23 heavy (non-hydrogen) atoms. The molecule has 1 amide bonds. The maximum absolute atomic E-state index is 12.1. The summed E-state index contributed by atoms with van der Waals surface area (Å²) in [6, 6.07) is 10.3. The van der Waals surface area contributed by atoms with Gasteiger partial charge in [0.25, 0.3) is 0 Å². The molecule has 3 nitrogen and oxygen atoms in total. The highest BCUT2D eigenvalue weighted by Crippen LogP contribution is 2.24. The highest BCUT2D eigenvalue weighted by atomic mass is 35.5. The molecular weight excluding hydrogens is 331 g/mol. The smallest absolute Gasteiger partial charge is 0.406 e. The van der Waals surface area contributed by atoms with Crippen LogP contribution in [0.3, 0.4) is 0 Å². The predicted molar refractivity (Wildman–Crippen MR) is 81.6 cm³/mol. The number of hydrogen-bond donors (Lipinski definition) is 1. The summed E-state index contributed by atoms with van der Waals surface area (Å²) in [6.07, 6.45) is -4.72. The van der Waals surface area contributed by atoms with E-state index in [1.54, 1.807) is 12.1 Å². The largest absolute Gasteiger partial charge is 0.573 e.